The molecule has 1 amide bonds. The molecule has 5 heteroatoms. The number of hydrogen-bond donors (Lipinski definition) is 1. The molecule has 24 heavy (non-hydrogen) atoms. The minimum Gasteiger partial charge on any atom is -0.392 e. The van der Waals surface area contributed by atoms with Crippen LogP contribution < -0.4 is 4.90 Å². The highest BCUT2D eigenvalue weighted by atomic mass is 16.3. The number of aliphatic hydroxyl groups is 1. The lowest BCUT2D eigenvalue weighted by atomic mass is 10.1. The molecule has 0 saturated carbocycles. The van der Waals surface area contributed by atoms with E-state index < -0.39 is 0 Å². The summed E-state index contributed by atoms with van der Waals surface area (Å²) in [5.74, 6) is 0.235. The second-order valence-electron chi connectivity index (χ2n) is 7.17. The normalized spacial score (nSPS) is 23.3. The summed E-state index contributed by atoms with van der Waals surface area (Å²) in [4.78, 5) is 19.3. The Morgan fingerprint density at radius 3 is 2.83 bits per heavy atom. The third-order valence-electron chi connectivity index (χ3n) is 5.18. The maximum atomic E-state index is 12.6. The van der Waals surface area contributed by atoms with Crippen molar-refractivity contribution < 1.29 is 9.90 Å². The Bertz CT molecular complexity index is 575. The van der Waals surface area contributed by atoms with Gasteiger partial charge in [-0.2, -0.15) is 0 Å². The summed E-state index contributed by atoms with van der Waals surface area (Å²) in [6.07, 6.45) is 1.27. The third kappa shape index (κ3) is 3.97. The lowest BCUT2D eigenvalue weighted by molar-refractivity contribution is -0.119. The van der Waals surface area contributed by atoms with Crippen LogP contribution in [0.3, 0.4) is 0 Å². The lowest BCUT2D eigenvalue weighted by Crippen LogP contribution is -2.53. The molecule has 1 aromatic carbocycles. The molecule has 5 nitrogen and oxygen atoms in total. The number of β-amino-alcohol motifs (C(OH)–C–C–N with tert-alkyl or cyclic N) is 1. The van der Waals surface area contributed by atoms with Crippen molar-refractivity contribution in [3.8, 4) is 0 Å². The predicted octanol–water partition coefficient (Wildman–Crippen LogP) is 1.35. The summed E-state index contributed by atoms with van der Waals surface area (Å²) in [7, 11) is 0. The Labute approximate surface area is 144 Å². The van der Waals surface area contributed by atoms with Gasteiger partial charge in [-0.3, -0.25) is 9.69 Å². The van der Waals surface area contributed by atoms with Gasteiger partial charge in [0.25, 0.3) is 0 Å². The number of amides is 1. The third-order valence-corrected chi connectivity index (χ3v) is 5.18. The molecule has 2 aliphatic heterocycles. The number of carbonyl (C=O) groups is 1. The Morgan fingerprint density at radius 2 is 2.08 bits per heavy atom. The van der Waals surface area contributed by atoms with E-state index in [9.17, 15) is 9.90 Å². The fourth-order valence-corrected chi connectivity index (χ4v) is 3.87. The summed E-state index contributed by atoms with van der Waals surface area (Å²) in [6, 6.07) is 8.65. The first-order valence-electron chi connectivity index (χ1n) is 9.07. The van der Waals surface area contributed by atoms with E-state index in [4.69, 9.17) is 0 Å². The Hall–Kier alpha value is -1.43. The molecule has 0 aromatic heterocycles. The molecular weight excluding hydrogens is 302 g/mol. The summed E-state index contributed by atoms with van der Waals surface area (Å²) in [5.41, 5.74) is 2.38. The smallest absolute Gasteiger partial charge is 0.228 e. The van der Waals surface area contributed by atoms with Gasteiger partial charge in [0.05, 0.1) is 6.10 Å². The van der Waals surface area contributed by atoms with E-state index in [0.717, 1.165) is 51.4 Å². The molecule has 132 valence electrons. The zero-order valence-corrected chi connectivity index (χ0v) is 14.8. The summed E-state index contributed by atoms with van der Waals surface area (Å²) in [6.45, 7) is 9.32. The molecule has 3 rings (SSSR count). The lowest BCUT2D eigenvalue weighted by Gasteiger charge is -2.40. The molecule has 0 spiro atoms. The molecule has 1 fully saturated rings. The molecule has 0 bridgehead atoms. The molecular formula is C19H29N3O2. The van der Waals surface area contributed by atoms with E-state index in [-0.39, 0.29) is 12.0 Å². The number of piperazine rings is 1. The van der Waals surface area contributed by atoms with Gasteiger partial charge in [0.1, 0.15) is 0 Å². The van der Waals surface area contributed by atoms with Crippen LogP contribution >= 0.6 is 0 Å². The minimum absolute atomic E-state index is 0.235. The summed E-state index contributed by atoms with van der Waals surface area (Å²) < 4.78 is 0. The average molecular weight is 331 g/mol. The minimum atomic E-state index is -0.282. The van der Waals surface area contributed by atoms with Crippen LogP contribution in [0.15, 0.2) is 24.3 Å². The topological polar surface area (TPSA) is 47.0 Å². The standard InChI is InChI=1S/C19H29N3O2/c1-15-13-20(11-12-21(15)14-16(2)23)9-8-19(24)22-10-7-17-5-3-4-6-18(17)22/h3-6,15-16,23H,7-14H2,1-2H3/t15-,16+/m0/s1. The van der Waals surface area contributed by atoms with Crippen LogP contribution in [-0.2, 0) is 11.2 Å². The summed E-state index contributed by atoms with van der Waals surface area (Å²) >= 11 is 0. The van der Waals surface area contributed by atoms with Crippen molar-refractivity contribution in [1.82, 2.24) is 9.80 Å². The fraction of sp³-hybridized carbons (Fsp3) is 0.632. The first-order valence-corrected chi connectivity index (χ1v) is 9.07. The van der Waals surface area contributed by atoms with Gasteiger partial charge in [-0.25, -0.2) is 0 Å². The molecule has 2 heterocycles. The average Bonchev–Trinajstić information content (AvgIpc) is 2.98. The highest BCUT2D eigenvalue weighted by Gasteiger charge is 2.27. The van der Waals surface area contributed by atoms with Crippen molar-refractivity contribution in [2.24, 2.45) is 0 Å². The van der Waals surface area contributed by atoms with Crippen molar-refractivity contribution in [3.63, 3.8) is 0 Å². The van der Waals surface area contributed by atoms with E-state index in [1.165, 1.54) is 5.56 Å². The van der Waals surface area contributed by atoms with Crippen molar-refractivity contribution in [1.29, 1.82) is 0 Å². The van der Waals surface area contributed by atoms with E-state index in [1.54, 1.807) is 0 Å². The van der Waals surface area contributed by atoms with E-state index in [1.807, 2.05) is 24.0 Å². The largest absolute Gasteiger partial charge is 0.392 e. The number of anilines is 1. The van der Waals surface area contributed by atoms with Gasteiger partial charge in [0.15, 0.2) is 0 Å². The summed E-state index contributed by atoms with van der Waals surface area (Å²) in [5, 5.41) is 9.56. The van der Waals surface area contributed by atoms with Gasteiger partial charge in [0, 0.05) is 57.4 Å². The zero-order valence-electron chi connectivity index (χ0n) is 14.8. The van der Waals surface area contributed by atoms with Gasteiger partial charge in [0.2, 0.25) is 5.91 Å². The number of benzene rings is 1. The maximum Gasteiger partial charge on any atom is 0.228 e. The number of rotatable bonds is 5. The second kappa shape index (κ2) is 7.64. The number of aliphatic hydroxyl groups excluding tert-OH is 1. The highest BCUT2D eigenvalue weighted by molar-refractivity contribution is 5.95. The fourth-order valence-electron chi connectivity index (χ4n) is 3.87. The molecule has 0 radical (unpaired) electrons. The Kier molecular flexibility index (Phi) is 5.54. The quantitative estimate of drug-likeness (QED) is 0.885. The van der Waals surface area contributed by atoms with Crippen LogP contribution in [0, 0.1) is 0 Å². The van der Waals surface area contributed by atoms with Crippen LogP contribution in [0.4, 0.5) is 5.69 Å². The molecule has 1 aromatic rings. The first-order chi connectivity index (χ1) is 11.5. The van der Waals surface area contributed by atoms with Gasteiger partial charge < -0.3 is 14.9 Å². The van der Waals surface area contributed by atoms with Crippen LogP contribution in [-0.4, -0.2) is 72.2 Å². The molecule has 0 unspecified atom stereocenters. The SMILES string of the molecule is C[C@@H](O)CN1CCN(CCC(=O)N2CCc3ccccc32)C[C@@H]1C. The zero-order chi connectivity index (χ0) is 17.1. The van der Waals surface area contributed by atoms with Gasteiger partial charge >= 0.3 is 0 Å². The predicted molar refractivity (Wildman–Crippen MR) is 96.3 cm³/mol. The molecule has 1 saturated heterocycles. The number of carbonyl (C=O) groups excluding carboxylic acids is 1. The van der Waals surface area contributed by atoms with E-state index in [0.29, 0.717) is 12.5 Å². The number of hydrogen-bond acceptors (Lipinski definition) is 4. The van der Waals surface area contributed by atoms with Gasteiger partial charge in [-0.1, -0.05) is 18.2 Å². The van der Waals surface area contributed by atoms with Gasteiger partial charge in [-0.15, -0.1) is 0 Å². The Balaban J connectivity index is 1.48. The van der Waals surface area contributed by atoms with Crippen LogP contribution in [0.25, 0.3) is 0 Å². The molecule has 1 N–H and O–H groups in total. The van der Waals surface area contributed by atoms with Crippen LogP contribution in [0.5, 0.6) is 0 Å². The molecule has 2 atom stereocenters. The highest BCUT2D eigenvalue weighted by Crippen LogP contribution is 2.27. The van der Waals surface area contributed by atoms with E-state index in [2.05, 4.69) is 28.9 Å². The van der Waals surface area contributed by atoms with E-state index >= 15 is 0 Å². The van der Waals surface area contributed by atoms with Gasteiger partial charge in [-0.05, 0) is 31.9 Å². The van der Waals surface area contributed by atoms with Crippen molar-refractivity contribution in [2.75, 3.05) is 44.2 Å². The number of para-hydroxylation sites is 1. The monoisotopic (exact) mass is 331 g/mol. The maximum absolute atomic E-state index is 12.6. The van der Waals surface area contributed by atoms with Crippen molar-refractivity contribution in [2.45, 2.75) is 38.8 Å². The first kappa shape index (κ1) is 17.4. The number of nitrogens with zero attached hydrogens (tertiary/aromatic N) is 3. The van der Waals surface area contributed by atoms with Crippen molar-refractivity contribution >= 4 is 11.6 Å². The van der Waals surface area contributed by atoms with Crippen LogP contribution in [0.1, 0.15) is 25.8 Å². The number of fused-ring (bicyclic) bond motifs is 1. The Morgan fingerprint density at radius 1 is 1.29 bits per heavy atom. The second-order valence-corrected chi connectivity index (χ2v) is 7.17. The molecule has 2 aliphatic rings. The van der Waals surface area contributed by atoms with Crippen molar-refractivity contribution in [3.05, 3.63) is 29.8 Å². The van der Waals surface area contributed by atoms with Crippen LogP contribution in [0.2, 0.25) is 0 Å². The molecule has 0 aliphatic carbocycles.